The normalized spacial score (nSPS) is 21.1. The number of benzene rings is 2. The van der Waals surface area contributed by atoms with Gasteiger partial charge in [-0.1, -0.05) is 51.1 Å². The minimum atomic E-state index is -0.703. The molecule has 168 valence electrons. The van der Waals surface area contributed by atoms with Gasteiger partial charge in [-0.25, -0.2) is 9.69 Å². The number of urea groups is 1. The molecule has 2 aromatic rings. The smallest absolute Gasteiger partial charge is 0.332 e. The minimum Gasteiger partial charge on any atom is -0.497 e. The number of imide groups is 1. The zero-order valence-corrected chi connectivity index (χ0v) is 18.9. The summed E-state index contributed by atoms with van der Waals surface area (Å²) in [5, 5.41) is 0. The van der Waals surface area contributed by atoms with Crippen molar-refractivity contribution in [3.8, 4) is 5.75 Å². The molecule has 2 aromatic carbocycles. The summed E-state index contributed by atoms with van der Waals surface area (Å²) in [5.41, 5.74) is 0.822. The summed E-state index contributed by atoms with van der Waals surface area (Å²) in [6, 6.07) is 15.1. The molecule has 7 nitrogen and oxygen atoms in total. The Morgan fingerprint density at radius 1 is 1.03 bits per heavy atom. The molecule has 0 spiro atoms. The van der Waals surface area contributed by atoms with Gasteiger partial charge in [0.1, 0.15) is 11.8 Å². The van der Waals surface area contributed by atoms with Gasteiger partial charge in [-0.05, 0) is 36.2 Å². The van der Waals surface area contributed by atoms with Crippen LogP contribution in [0.25, 0.3) is 0 Å². The third-order valence-electron chi connectivity index (χ3n) is 6.11. The molecule has 2 saturated heterocycles. The zero-order chi connectivity index (χ0) is 23.0. The van der Waals surface area contributed by atoms with E-state index in [-0.39, 0.29) is 23.9 Å². The number of ether oxygens (including phenoxy) is 1. The van der Waals surface area contributed by atoms with Crippen LogP contribution in [0.5, 0.6) is 5.75 Å². The summed E-state index contributed by atoms with van der Waals surface area (Å²) in [6.07, 6.45) is 0.577. The number of likely N-dealkylation sites (tertiary alicyclic amines) is 1. The first-order valence-electron chi connectivity index (χ1n) is 10.9. The first-order chi connectivity index (χ1) is 15.2. The van der Waals surface area contributed by atoms with Crippen molar-refractivity contribution in [1.82, 2.24) is 9.80 Å². The van der Waals surface area contributed by atoms with Gasteiger partial charge in [0.05, 0.1) is 18.8 Å². The van der Waals surface area contributed by atoms with E-state index in [1.54, 1.807) is 41.2 Å². The molecule has 4 amide bonds. The highest BCUT2D eigenvalue weighted by atomic mass is 16.5. The fraction of sp³-hybridized carbons (Fsp3) is 0.400. The minimum absolute atomic E-state index is 0.0814. The average molecular weight is 436 g/mol. The van der Waals surface area contributed by atoms with Crippen LogP contribution in [0.1, 0.15) is 32.8 Å². The van der Waals surface area contributed by atoms with Crippen molar-refractivity contribution < 1.29 is 19.1 Å². The molecule has 0 aliphatic carbocycles. The van der Waals surface area contributed by atoms with E-state index in [9.17, 15) is 14.4 Å². The number of hydrogen-bond donors (Lipinski definition) is 0. The molecule has 2 aliphatic rings. The van der Waals surface area contributed by atoms with Gasteiger partial charge in [0.2, 0.25) is 5.91 Å². The van der Waals surface area contributed by atoms with E-state index in [1.165, 1.54) is 4.90 Å². The Morgan fingerprint density at radius 3 is 2.28 bits per heavy atom. The van der Waals surface area contributed by atoms with Crippen molar-refractivity contribution in [2.45, 2.75) is 45.8 Å². The van der Waals surface area contributed by atoms with Crippen LogP contribution in [0.4, 0.5) is 10.5 Å². The lowest BCUT2D eigenvalue weighted by molar-refractivity contribution is -0.145. The second-order valence-corrected chi connectivity index (χ2v) is 9.32. The lowest BCUT2D eigenvalue weighted by Gasteiger charge is -2.44. The molecule has 32 heavy (non-hydrogen) atoms. The van der Waals surface area contributed by atoms with Crippen molar-refractivity contribution in [3.05, 3.63) is 60.2 Å². The molecule has 0 N–H and O–H groups in total. The van der Waals surface area contributed by atoms with E-state index in [1.807, 2.05) is 51.1 Å². The number of amides is 4. The van der Waals surface area contributed by atoms with Gasteiger partial charge >= 0.3 is 6.03 Å². The van der Waals surface area contributed by atoms with Crippen molar-refractivity contribution in [3.63, 3.8) is 0 Å². The van der Waals surface area contributed by atoms with Crippen LogP contribution < -0.4 is 9.64 Å². The van der Waals surface area contributed by atoms with Gasteiger partial charge in [-0.15, -0.1) is 0 Å². The van der Waals surface area contributed by atoms with Crippen LogP contribution in [0, 0.1) is 5.41 Å². The molecule has 2 aliphatic heterocycles. The predicted octanol–water partition coefficient (Wildman–Crippen LogP) is 3.68. The number of rotatable bonds is 4. The number of carbonyl (C=O) groups is 3. The Bertz CT molecular complexity index is 1010. The molecule has 0 saturated carbocycles. The standard InChI is InChI=1S/C25H29N3O4/c1-25(2,3)23(30)26-15-14-20-21(26)22(29)28(18-10-12-19(32-4)13-11-18)24(31)27(20)16-17-8-6-5-7-9-17/h5-13,20-21H,14-16H2,1-4H3/t20-,21+/m1/s1. The van der Waals surface area contributed by atoms with Gasteiger partial charge in [0, 0.05) is 18.5 Å². The molecule has 0 radical (unpaired) electrons. The summed E-state index contributed by atoms with van der Waals surface area (Å²) >= 11 is 0. The summed E-state index contributed by atoms with van der Waals surface area (Å²) in [6.45, 7) is 6.38. The Kier molecular flexibility index (Phi) is 5.67. The average Bonchev–Trinajstić information content (AvgIpc) is 3.22. The van der Waals surface area contributed by atoms with Crippen molar-refractivity contribution in [2.75, 3.05) is 18.6 Å². The van der Waals surface area contributed by atoms with Crippen molar-refractivity contribution in [2.24, 2.45) is 5.41 Å². The largest absolute Gasteiger partial charge is 0.497 e. The van der Waals surface area contributed by atoms with E-state index < -0.39 is 11.5 Å². The number of fused-ring (bicyclic) bond motifs is 1. The Morgan fingerprint density at radius 2 is 1.69 bits per heavy atom. The van der Waals surface area contributed by atoms with Gasteiger partial charge in [-0.3, -0.25) is 9.59 Å². The highest BCUT2D eigenvalue weighted by Crippen LogP contribution is 2.36. The van der Waals surface area contributed by atoms with E-state index in [2.05, 4.69) is 0 Å². The summed E-state index contributed by atoms with van der Waals surface area (Å²) < 4.78 is 5.21. The van der Waals surface area contributed by atoms with Crippen LogP contribution in [0.15, 0.2) is 54.6 Å². The van der Waals surface area contributed by atoms with E-state index in [0.717, 1.165) is 5.56 Å². The number of anilines is 1. The van der Waals surface area contributed by atoms with Gasteiger partial charge in [0.25, 0.3) is 5.91 Å². The van der Waals surface area contributed by atoms with Crippen LogP contribution in [0.3, 0.4) is 0 Å². The molecule has 4 rings (SSSR count). The lowest BCUT2D eigenvalue weighted by atomic mass is 9.93. The number of methoxy groups -OCH3 is 1. The maximum atomic E-state index is 13.7. The third kappa shape index (κ3) is 3.83. The molecular formula is C25H29N3O4. The number of carbonyl (C=O) groups excluding carboxylic acids is 3. The summed E-state index contributed by atoms with van der Waals surface area (Å²) in [4.78, 5) is 45.1. The molecule has 2 heterocycles. The van der Waals surface area contributed by atoms with Gasteiger partial charge < -0.3 is 14.5 Å². The first-order valence-corrected chi connectivity index (χ1v) is 10.9. The molecule has 0 bridgehead atoms. The number of hydrogen-bond acceptors (Lipinski definition) is 4. The SMILES string of the molecule is COc1ccc(N2C(=O)[C@@H]3[C@@H](CCN3C(=O)C(C)(C)C)N(Cc3ccccc3)C2=O)cc1. The van der Waals surface area contributed by atoms with Crippen molar-refractivity contribution >= 4 is 23.5 Å². The Labute approximate surface area is 188 Å². The van der Waals surface area contributed by atoms with Crippen molar-refractivity contribution in [1.29, 1.82) is 0 Å². The predicted molar refractivity (Wildman–Crippen MR) is 121 cm³/mol. The molecule has 2 fully saturated rings. The molecule has 7 heteroatoms. The van der Waals surface area contributed by atoms with Crippen LogP contribution in [0.2, 0.25) is 0 Å². The molecule has 2 atom stereocenters. The highest BCUT2D eigenvalue weighted by molar-refractivity contribution is 6.19. The van der Waals surface area contributed by atoms with Gasteiger partial charge in [-0.2, -0.15) is 0 Å². The van der Waals surface area contributed by atoms with E-state index in [0.29, 0.717) is 30.9 Å². The maximum Gasteiger partial charge on any atom is 0.332 e. The van der Waals surface area contributed by atoms with E-state index >= 15 is 0 Å². The lowest BCUT2D eigenvalue weighted by Crippen LogP contribution is -2.66. The summed E-state index contributed by atoms with van der Waals surface area (Å²) in [7, 11) is 1.56. The van der Waals surface area contributed by atoms with Crippen LogP contribution in [-0.2, 0) is 16.1 Å². The first kappa shape index (κ1) is 21.9. The number of nitrogens with zero attached hydrogens (tertiary/aromatic N) is 3. The molecular weight excluding hydrogens is 406 g/mol. The van der Waals surface area contributed by atoms with Crippen LogP contribution in [-0.4, -0.2) is 53.4 Å². The van der Waals surface area contributed by atoms with Gasteiger partial charge in [0.15, 0.2) is 0 Å². The fourth-order valence-electron chi connectivity index (χ4n) is 4.49. The molecule has 0 unspecified atom stereocenters. The molecule has 0 aromatic heterocycles. The second-order valence-electron chi connectivity index (χ2n) is 9.32. The maximum absolute atomic E-state index is 13.7. The van der Waals surface area contributed by atoms with E-state index in [4.69, 9.17) is 4.74 Å². The summed E-state index contributed by atoms with van der Waals surface area (Å²) in [5.74, 6) is 0.196. The monoisotopic (exact) mass is 435 g/mol. The second kappa shape index (κ2) is 8.30. The quantitative estimate of drug-likeness (QED) is 0.735. The zero-order valence-electron chi connectivity index (χ0n) is 18.9. The Balaban J connectivity index is 1.74. The fourth-order valence-corrected chi connectivity index (χ4v) is 4.49. The topological polar surface area (TPSA) is 70.2 Å². The van der Waals surface area contributed by atoms with Crippen LogP contribution >= 0.6 is 0 Å². The highest BCUT2D eigenvalue weighted by Gasteiger charge is 2.54. The Hall–Kier alpha value is -3.35. The third-order valence-corrected chi connectivity index (χ3v) is 6.11.